The first-order valence-corrected chi connectivity index (χ1v) is 8.38. The average Bonchev–Trinajstić information content (AvgIpc) is 2.61. The fourth-order valence-corrected chi connectivity index (χ4v) is 3.35. The van der Waals surface area contributed by atoms with Gasteiger partial charge in [-0.25, -0.2) is 4.39 Å². The van der Waals surface area contributed by atoms with Crippen molar-refractivity contribution in [2.45, 2.75) is 31.3 Å². The van der Waals surface area contributed by atoms with E-state index < -0.39 is 0 Å². The summed E-state index contributed by atoms with van der Waals surface area (Å²) < 4.78 is 25.4. The van der Waals surface area contributed by atoms with Gasteiger partial charge in [0, 0.05) is 31.3 Å². The average molecular weight is 330 g/mol. The van der Waals surface area contributed by atoms with E-state index in [1.54, 1.807) is 6.07 Å². The molecule has 2 aromatic rings. The Morgan fingerprint density at radius 2 is 1.83 bits per heavy atom. The lowest BCUT2D eigenvalue weighted by atomic mass is 9.72. The second kappa shape index (κ2) is 7.77. The van der Waals surface area contributed by atoms with Gasteiger partial charge >= 0.3 is 0 Å². The summed E-state index contributed by atoms with van der Waals surface area (Å²) in [5, 5.41) is 9.47. The Kier molecular flexibility index (Phi) is 5.48. The Labute approximate surface area is 142 Å². The molecule has 2 aromatic carbocycles. The molecule has 24 heavy (non-hydrogen) atoms. The molecule has 1 N–H and O–H groups in total. The zero-order valence-electron chi connectivity index (χ0n) is 13.7. The van der Waals surface area contributed by atoms with Crippen LogP contribution in [-0.2, 0) is 16.8 Å². The molecule has 0 aliphatic carbocycles. The first-order valence-electron chi connectivity index (χ1n) is 8.38. The van der Waals surface area contributed by atoms with Gasteiger partial charge in [-0.3, -0.25) is 0 Å². The van der Waals surface area contributed by atoms with E-state index in [4.69, 9.17) is 9.47 Å². The molecule has 1 fully saturated rings. The third kappa shape index (κ3) is 3.94. The number of ether oxygens (including phenoxy) is 2. The second-order valence-electron chi connectivity index (χ2n) is 6.32. The summed E-state index contributed by atoms with van der Waals surface area (Å²) in [6.07, 6.45) is 2.18. The molecule has 4 heteroatoms. The highest BCUT2D eigenvalue weighted by Crippen LogP contribution is 2.39. The largest absolute Gasteiger partial charge is 0.489 e. The molecular weight excluding hydrogens is 307 g/mol. The molecule has 1 saturated heterocycles. The zero-order chi connectivity index (χ0) is 16.8. The molecule has 3 nitrogen and oxygen atoms in total. The van der Waals surface area contributed by atoms with Gasteiger partial charge < -0.3 is 14.6 Å². The molecule has 0 saturated carbocycles. The zero-order valence-corrected chi connectivity index (χ0v) is 13.7. The predicted octanol–water partition coefficient (Wildman–Crippen LogP) is 3.84. The smallest absolute Gasteiger partial charge is 0.127 e. The molecule has 1 heterocycles. The van der Waals surface area contributed by atoms with Crippen molar-refractivity contribution in [2.24, 2.45) is 0 Å². The second-order valence-corrected chi connectivity index (χ2v) is 6.32. The van der Waals surface area contributed by atoms with Gasteiger partial charge in [0.1, 0.15) is 18.2 Å². The van der Waals surface area contributed by atoms with Crippen LogP contribution in [0.15, 0.2) is 48.5 Å². The van der Waals surface area contributed by atoms with Crippen LogP contribution in [0.3, 0.4) is 0 Å². The molecule has 0 spiro atoms. The Morgan fingerprint density at radius 1 is 1.08 bits per heavy atom. The van der Waals surface area contributed by atoms with Crippen molar-refractivity contribution in [3.05, 3.63) is 65.5 Å². The monoisotopic (exact) mass is 330 g/mol. The van der Waals surface area contributed by atoms with Gasteiger partial charge in [-0.05, 0) is 42.5 Å². The van der Waals surface area contributed by atoms with Crippen molar-refractivity contribution in [1.29, 1.82) is 0 Å². The van der Waals surface area contributed by atoms with Crippen LogP contribution in [0.1, 0.15) is 30.4 Å². The van der Waals surface area contributed by atoms with E-state index in [0.29, 0.717) is 32.0 Å². The molecular formula is C20H23FO3. The topological polar surface area (TPSA) is 38.7 Å². The Balaban J connectivity index is 1.82. The molecule has 1 aliphatic heterocycles. The Hall–Kier alpha value is -1.91. The van der Waals surface area contributed by atoms with Crippen LogP contribution in [0.25, 0.3) is 0 Å². The van der Waals surface area contributed by atoms with Crippen molar-refractivity contribution in [1.82, 2.24) is 0 Å². The summed E-state index contributed by atoms with van der Waals surface area (Å²) in [5.41, 5.74) is 1.70. The fraction of sp³-hybridized carbons (Fsp3) is 0.400. The van der Waals surface area contributed by atoms with Gasteiger partial charge in [-0.2, -0.15) is 0 Å². The number of aliphatic hydroxyl groups is 1. The SMILES string of the molecule is OCCC1(c2cc(F)cc(OCc3ccccc3)c2)CCOCC1. The van der Waals surface area contributed by atoms with Crippen LogP contribution < -0.4 is 4.74 Å². The molecule has 0 unspecified atom stereocenters. The van der Waals surface area contributed by atoms with E-state index in [9.17, 15) is 9.50 Å². The lowest BCUT2D eigenvalue weighted by Crippen LogP contribution is -2.35. The first-order chi connectivity index (χ1) is 11.7. The quantitative estimate of drug-likeness (QED) is 0.875. The fourth-order valence-electron chi connectivity index (χ4n) is 3.35. The molecule has 0 atom stereocenters. The highest BCUT2D eigenvalue weighted by atomic mass is 19.1. The number of benzene rings is 2. The maximum absolute atomic E-state index is 14.1. The Bertz CT molecular complexity index is 646. The van der Waals surface area contributed by atoms with E-state index >= 15 is 0 Å². The third-order valence-electron chi connectivity index (χ3n) is 4.77. The van der Waals surface area contributed by atoms with Crippen LogP contribution in [0.4, 0.5) is 4.39 Å². The number of halogens is 1. The minimum atomic E-state index is -0.306. The van der Waals surface area contributed by atoms with Gasteiger partial charge in [0.05, 0.1) is 0 Å². The van der Waals surface area contributed by atoms with E-state index in [2.05, 4.69) is 0 Å². The van der Waals surface area contributed by atoms with Gasteiger partial charge in [-0.15, -0.1) is 0 Å². The molecule has 0 bridgehead atoms. The molecule has 0 aromatic heterocycles. The molecule has 0 radical (unpaired) electrons. The standard InChI is InChI=1S/C20H23FO3/c21-18-12-17(20(6-9-22)7-10-23-11-8-20)13-19(14-18)24-15-16-4-2-1-3-5-16/h1-5,12-14,22H,6-11,15H2. The van der Waals surface area contributed by atoms with E-state index in [1.165, 1.54) is 6.07 Å². The highest BCUT2D eigenvalue weighted by Gasteiger charge is 2.34. The first kappa shape index (κ1) is 16.9. The molecule has 3 rings (SSSR count). The Morgan fingerprint density at radius 3 is 2.54 bits per heavy atom. The molecule has 128 valence electrons. The minimum Gasteiger partial charge on any atom is -0.489 e. The number of rotatable bonds is 6. The van der Waals surface area contributed by atoms with Gasteiger partial charge in [-0.1, -0.05) is 30.3 Å². The van der Waals surface area contributed by atoms with Crippen molar-refractivity contribution >= 4 is 0 Å². The van der Waals surface area contributed by atoms with Crippen LogP contribution in [-0.4, -0.2) is 24.9 Å². The van der Waals surface area contributed by atoms with Crippen LogP contribution in [0.2, 0.25) is 0 Å². The summed E-state index contributed by atoms with van der Waals surface area (Å²) in [5.74, 6) is 0.219. The number of aliphatic hydroxyl groups excluding tert-OH is 1. The summed E-state index contributed by atoms with van der Waals surface area (Å²) in [6, 6.07) is 14.7. The van der Waals surface area contributed by atoms with Gasteiger partial charge in [0.25, 0.3) is 0 Å². The van der Waals surface area contributed by atoms with Crippen molar-refractivity contribution in [3.63, 3.8) is 0 Å². The maximum atomic E-state index is 14.1. The third-order valence-corrected chi connectivity index (χ3v) is 4.77. The summed E-state index contributed by atoms with van der Waals surface area (Å²) in [6.45, 7) is 1.75. The van der Waals surface area contributed by atoms with Crippen LogP contribution >= 0.6 is 0 Å². The van der Waals surface area contributed by atoms with Crippen LogP contribution in [0, 0.1) is 5.82 Å². The van der Waals surface area contributed by atoms with Gasteiger partial charge in [0.15, 0.2) is 0 Å². The summed E-state index contributed by atoms with van der Waals surface area (Å²) >= 11 is 0. The molecule has 0 amide bonds. The minimum absolute atomic E-state index is 0.0801. The van der Waals surface area contributed by atoms with Crippen molar-refractivity contribution < 1.29 is 19.0 Å². The predicted molar refractivity (Wildman–Crippen MR) is 90.6 cm³/mol. The van der Waals surface area contributed by atoms with Crippen molar-refractivity contribution in [3.8, 4) is 5.75 Å². The van der Waals surface area contributed by atoms with Crippen LogP contribution in [0.5, 0.6) is 5.75 Å². The highest BCUT2D eigenvalue weighted by molar-refractivity contribution is 5.35. The molecule has 1 aliphatic rings. The van der Waals surface area contributed by atoms with E-state index in [1.807, 2.05) is 36.4 Å². The maximum Gasteiger partial charge on any atom is 0.127 e. The number of hydrogen-bond donors (Lipinski definition) is 1. The van der Waals surface area contributed by atoms with E-state index in [-0.39, 0.29) is 17.8 Å². The summed E-state index contributed by atoms with van der Waals surface area (Å²) in [7, 11) is 0. The van der Waals surface area contributed by atoms with E-state index in [0.717, 1.165) is 24.0 Å². The summed E-state index contributed by atoms with van der Waals surface area (Å²) in [4.78, 5) is 0. The normalized spacial score (nSPS) is 16.8. The van der Waals surface area contributed by atoms with Gasteiger partial charge in [0.2, 0.25) is 0 Å². The number of hydrogen-bond acceptors (Lipinski definition) is 3. The van der Waals surface area contributed by atoms with Crippen molar-refractivity contribution in [2.75, 3.05) is 19.8 Å². The lowest BCUT2D eigenvalue weighted by molar-refractivity contribution is 0.0398. The lowest BCUT2D eigenvalue weighted by Gasteiger charge is -2.37.